The van der Waals surface area contributed by atoms with E-state index in [4.69, 9.17) is 0 Å². The fourth-order valence-electron chi connectivity index (χ4n) is 2.06. The SMILES string of the molecule is CI(c1cccc2ccccc12)N(S(=O)(=O)C(F)(F)F)S(=O)(=O)C(F)(F)F. The Kier molecular flexibility index (Phi) is 5.78. The summed E-state index contributed by atoms with van der Waals surface area (Å²) < 4.78 is 123. The number of alkyl halides is 7. The Morgan fingerprint density at radius 3 is 1.70 bits per heavy atom. The molecule has 0 saturated heterocycles. The quantitative estimate of drug-likeness (QED) is 0.250. The third kappa shape index (κ3) is 3.88. The first-order valence-corrected chi connectivity index (χ1v) is 13.7. The summed E-state index contributed by atoms with van der Waals surface area (Å²) in [5, 5.41) is 0.584. The molecule has 0 amide bonds. The topological polar surface area (TPSA) is 71.5 Å². The van der Waals surface area contributed by atoms with Gasteiger partial charge in [-0.05, 0) is 0 Å². The molecule has 27 heavy (non-hydrogen) atoms. The fraction of sp³-hybridized carbons (Fsp3) is 0.231. The van der Waals surface area contributed by atoms with E-state index in [9.17, 15) is 43.2 Å². The predicted octanol–water partition coefficient (Wildman–Crippen LogP) is 4.06. The molecule has 0 aliphatic rings. The number of rotatable bonds is 4. The van der Waals surface area contributed by atoms with Crippen LogP contribution in [0, 0.1) is 3.57 Å². The van der Waals surface area contributed by atoms with Gasteiger partial charge in [0.2, 0.25) is 0 Å². The van der Waals surface area contributed by atoms with Crippen molar-refractivity contribution in [2.45, 2.75) is 11.0 Å². The van der Waals surface area contributed by atoms with Gasteiger partial charge in [-0.1, -0.05) is 0 Å². The van der Waals surface area contributed by atoms with Crippen LogP contribution < -0.4 is 0 Å². The molecule has 0 aliphatic carbocycles. The molecule has 0 spiro atoms. The van der Waals surface area contributed by atoms with Crippen LogP contribution in [0.15, 0.2) is 42.5 Å². The number of fused-ring (bicyclic) bond motifs is 1. The third-order valence-corrected chi connectivity index (χ3v) is 16.0. The van der Waals surface area contributed by atoms with Crippen molar-refractivity contribution in [3.8, 4) is 0 Å². The van der Waals surface area contributed by atoms with Crippen molar-refractivity contribution >= 4 is 50.9 Å². The van der Waals surface area contributed by atoms with Crippen LogP contribution in [0.2, 0.25) is 0 Å². The second kappa shape index (κ2) is 7.04. The number of sulfonamides is 2. The molecule has 0 aliphatic heterocycles. The average Bonchev–Trinajstić information content (AvgIpc) is 2.51. The molecule has 14 heteroatoms. The van der Waals surface area contributed by atoms with Crippen molar-refractivity contribution in [3.05, 3.63) is 46.0 Å². The molecule has 0 bridgehead atoms. The molecule has 0 heterocycles. The monoisotopic (exact) mass is 549 g/mol. The first-order valence-electron chi connectivity index (χ1n) is 6.63. The summed E-state index contributed by atoms with van der Waals surface area (Å²) in [6.07, 6.45) is 0. The summed E-state index contributed by atoms with van der Waals surface area (Å²) in [6.45, 7) is 0. The molecule has 0 fully saturated rings. The maximum atomic E-state index is 13.0. The molecule has 0 aromatic heterocycles. The minimum atomic E-state index is -6.80. The van der Waals surface area contributed by atoms with Gasteiger partial charge in [0.25, 0.3) is 0 Å². The van der Waals surface area contributed by atoms with E-state index in [-0.39, 0.29) is 8.96 Å². The van der Waals surface area contributed by atoms with Crippen molar-refractivity contribution in [2.75, 3.05) is 4.93 Å². The van der Waals surface area contributed by atoms with Gasteiger partial charge >= 0.3 is 158 Å². The van der Waals surface area contributed by atoms with Crippen LogP contribution in [-0.4, -0.2) is 34.7 Å². The van der Waals surface area contributed by atoms with E-state index in [1.807, 2.05) is 0 Å². The molecule has 152 valence electrons. The first-order chi connectivity index (χ1) is 12.1. The van der Waals surface area contributed by atoms with E-state index in [0.29, 0.717) is 5.39 Å². The second-order valence-corrected chi connectivity index (χ2v) is 14.7. The molecular formula is C13H10F6INO4S2. The zero-order valence-electron chi connectivity index (χ0n) is 13.1. The van der Waals surface area contributed by atoms with Crippen LogP contribution in [0.1, 0.15) is 0 Å². The maximum absolute atomic E-state index is 13.0. The molecule has 0 radical (unpaired) electrons. The molecule has 2 rings (SSSR count). The molecular weight excluding hydrogens is 539 g/mol. The van der Waals surface area contributed by atoms with Crippen LogP contribution in [0.3, 0.4) is 0 Å². The fourth-order valence-corrected chi connectivity index (χ4v) is 14.0. The Hall–Kier alpha value is -1.13. The van der Waals surface area contributed by atoms with Crippen LogP contribution in [-0.2, 0) is 20.0 Å². The standard InChI is InChI=1S/C13H10F6INO4S2/c1-20(11-8-4-6-9-5-2-3-7-10(9)11)21(26(22,23)12(14,15)16)27(24,25)13(17,18)19/h2-8H,1H3. The summed E-state index contributed by atoms with van der Waals surface area (Å²) in [7, 11) is -13.6. The zero-order chi connectivity index (χ0) is 20.8. The summed E-state index contributed by atoms with van der Waals surface area (Å²) in [4.78, 5) is 0.790. The van der Waals surface area contributed by atoms with Crippen molar-refractivity contribution in [1.29, 1.82) is 0 Å². The van der Waals surface area contributed by atoms with Crippen LogP contribution in [0.4, 0.5) is 26.3 Å². The number of hydrogen-bond acceptors (Lipinski definition) is 4. The van der Waals surface area contributed by atoms with E-state index < -0.39 is 53.1 Å². The van der Waals surface area contributed by atoms with Gasteiger partial charge < -0.3 is 0 Å². The minimum absolute atomic E-state index is 0.174. The van der Waals surface area contributed by atoms with Crippen LogP contribution in [0.5, 0.6) is 0 Å². The van der Waals surface area contributed by atoms with Gasteiger partial charge in [-0.25, -0.2) is 0 Å². The first kappa shape index (κ1) is 22.2. The molecule has 2 aromatic rings. The van der Waals surface area contributed by atoms with E-state index in [0.717, 1.165) is 11.0 Å². The van der Waals surface area contributed by atoms with Crippen LogP contribution >= 0.6 is 20.1 Å². The Labute approximate surface area is 157 Å². The van der Waals surface area contributed by atoms with Gasteiger partial charge in [0.05, 0.1) is 0 Å². The number of hydrogen-bond donors (Lipinski definition) is 0. The molecule has 0 N–H and O–H groups in total. The Bertz CT molecular complexity index is 1020. The Morgan fingerprint density at radius 1 is 0.778 bits per heavy atom. The molecule has 0 saturated carbocycles. The van der Waals surface area contributed by atoms with Crippen LogP contribution in [0.25, 0.3) is 10.8 Å². The summed E-state index contributed by atoms with van der Waals surface area (Å²) >= 11 is -4.28. The van der Waals surface area contributed by atoms with E-state index in [1.54, 1.807) is 6.07 Å². The summed E-state index contributed by atoms with van der Waals surface area (Å²) in [5.41, 5.74) is -12.4. The van der Waals surface area contributed by atoms with Gasteiger partial charge in [-0.2, -0.15) is 0 Å². The number of halogens is 7. The second-order valence-electron chi connectivity index (χ2n) is 4.96. The van der Waals surface area contributed by atoms with Crippen molar-refractivity contribution < 1.29 is 43.2 Å². The van der Waals surface area contributed by atoms with Crippen molar-refractivity contribution in [1.82, 2.24) is 1.92 Å². The summed E-state index contributed by atoms with van der Waals surface area (Å²) in [5.74, 6) is 0. The van der Waals surface area contributed by atoms with Crippen molar-refractivity contribution in [3.63, 3.8) is 0 Å². The Morgan fingerprint density at radius 2 is 1.22 bits per heavy atom. The third-order valence-electron chi connectivity index (χ3n) is 3.20. The van der Waals surface area contributed by atoms with Gasteiger partial charge in [0.1, 0.15) is 0 Å². The van der Waals surface area contributed by atoms with Gasteiger partial charge in [0.15, 0.2) is 0 Å². The normalized spacial score (nSPS) is 14.6. The van der Waals surface area contributed by atoms with Gasteiger partial charge in [0, 0.05) is 0 Å². The van der Waals surface area contributed by atoms with E-state index >= 15 is 0 Å². The zero-order valence-corrected chi connectivity index (χ0v) is 16.9. The Balaban J connectivity index is 2.82. The van der Waals surface area contributed by atoms with Gasteiger partial charge in [-0.15, -0.1) is 0 Å². The summed E-state index contributed by atoms with van der Waals surface area (Å²) in [6, 6.07) is 9.78. The van der Waals surface area contributed by atoms with Gasteiger partial charge in [-0.3, -0.25) is 0 Å². The van der Waals surface area contributed by atoms with Crippen molar-refractivity contribution in [2.24, 2.45) is 0 Å². The van der Waals surface area contributed by atoms with E-state index in [1.165, 1.54) is 30.3 Å². The molecule has 2 aromatic carbocycles. The molecule has 0 atom stereocenters. The number of nitrogens with zero attached hydrogens (tertiary/aromatic N) is 1. The number of benzene rings is 2. The molecule has 5 nitrogen and oxygen atoms in total. The van der Waals surface area contributed by atoms with E-state index in [2.05, 4.69) is 0 Å². The average molecular weight is 549 g/mol. The molecule has 0 unspecified atom stereocenters. The predicted molar refractivity (Wildman–Crippen MR) is 94.4 cm³/mol.